The van der Waals surface area contributed by atoms with Gasteiger partial charge in [0.1, 0.15) is 23.6 Å². The molecule has 0 aliphatic rings. The van der Waals surface area contributed by atoms with Crippen molar-refractivity contribution in [3.8, 4) is 0 Å². The highest BCUT2D eigenvalue weighted by molar-refractivity contribution is 5.90. The molecule has 1 aromatic carbocycles. The number of ether oxygens (including phenoxy) is 1. The lowest BCUT2D eigenvalue weighted by atomic mass is 10.2. The molecule has 1 N–H and O–H groups in total. The van der Waals surface area contributed by atoms with E-state index in [1.54, 1.807) is 19.1 Å². The number of pyridine rings is 1. The molecule has 0 spiro atoms. The first-order valence-corrected chi connectivity index (χ1v) is 10.4. The standard InChI is InChI=1S/C23H23FN4O5/c1-2-33-23(32)28-19-11-10-16(24)14-18(19)25-20(28)15-27-12-7-8-17(22(27)31)26-21(30)9-5-3-4-6-13-29/h4,6-8,10-14H,2-3,5,9,15H2,1H3,(H,26,30)/b6-4+. The molecule has 0 atom stereocenters. The SMILES string of the molecule is CCOC(=O)n1c(Cn2cccc(NC(=O)CCC/C=C/C=O)c2=O)nc2cc(F)ccc21. The Morgan fingerprint density at radius 2 is 2.09 bits per heavy atom. The van der Waals surface area contributed by atoms with Crippen molar-refractivity contribution in [2.75, 3.05) is 11.9 Å². The average Bonchev–Trinajstić information content (AvgIpc) is 3.13. The molecule has 3 rings (SSSR count). The first kappa shape index (κ1) is 23.6. The number of unbranched alkanes of at least 4 members (excludes halogenated alkanes) is 1. The van der Waals surface area contributed by atoms with Gasteiger partial charge in [0.2, 0.25) is 5.91 Å². The van der Waals surface area contributed by atoms with Gasteiger partial charge in [0, 0.05) is 18.7 Å². The van der Waals surface area contributed by atoms with Crippen LogP contribution in [0.1, 0.15) is 32.0 Å². The van der Waals surface area contributed by atoms with E-state index in [4.69, 9.17) is 4.74 Å². The molecule has 3 aromatic rings. The maximum Gasteiger partial charge on any atom is 0.420 e. The molecule has 9 nitrogen and oxygen atoms in total. The summed E-state index contributed by atoms with van der Waals surface area (Å²) in [6, 6.07) is 6.88. The number of rotatable bonds is 9. The number of nitrogens with one attached hydrogen (secondary N) is 1. The van der Waals surface area contributed by atoms with Crippen LogP contribution in [0.4, 0.5) is 14.9 Å². The minimum atomic E-state index is -0.692. The van der Waals surface area contributed by atoms with E-state index in [0.29, 0.717) is 24.6 Å². The molecule has 2 aromatic heterocycles. The normalized spacial score (nSPS) is 11.1. The molecular weight excluding hydrogens is 431 g/mol. The Bertz CT molecular complexity index is 1260. The van der Waals surface area contributed by atoms with Crippen molar-refractivity contribution in [2.24, 2.45) is 0 Å². The largest absolute Gasteiger partial charge is 0.449 e. The van der Waals surface area contributed by atoms with Crippen LogP contribution in [0.2, 0.25) is 0 Å². The molecule has 0 saturated heterocycles. The van der Waals surface area contributed by atoms with Crippen molar-refractivity contribution in [1.29, 1.82) is 0 Å². The van der Waals surface area contributed by atoms with Gasteiger partial charge in [-0.2, -0.15) is 0 Å². The first-order valence-electron chi connectivity index (χ1n) is 10.4. The number of benzene rings is 1. The predicted octanol–water partition coefficient (Wildman–Crippen LogP) is 3.25. The summed E-state index contributed by atoms with van der Waals surface area (Å²) < 4.78 is 21.2. The van der Waals surface area contributed by atoms with Crippen molar-refractivity contribution in [2.45, 2.75) is 32.7 Å². The zero-order valence-corrected chi connectivity index (χ0v) is 18.0. The third-order valence-electron chi connectivity index (χ3n) is 4.73. The van der Waals surface area contributed by atoms with Gasteiger partial charge >= 0.3 is 6.09 Å². The molecule has 1 amide bonds. The molecule has 0 aliphatic heterocycles. The van der Waals surface area contributed by atoms with Crippen LogP contribution >= 0.6 is 0 Å². The Morgan fingerprint density at radius 3 is 2.85 bits per heavy atom. The van der Waals surface area contributed by atoms with E-state index < -0.39 is 17.5 Å². The predicted molar refractivity (Wildman–Crippen MR) is 120 cm³/mol. The Kier molecular flexibility index (Phi) is 7.85. The second-order valence-electron chi connectivity index (χ2n) is 7.05. The lowest BCUT2D eigenvalue weighted by Crippen LogP contribution is -2.27. The van der Waals surface area contributed by atoms with E-state index in [-0.39, 0.29) is 42.5 Å². The number of aromatic nitrogens is 3. The summed E-state index contributed by atoms with van der Waals surface area (Å²) in [5, 5.41) is 2.58. The number of hydrogen-bond acceptors (Lipinski definition) is 6. The molecule has 2 heterocycles. The van der Waals surface area contributed by atoms with E-state index in [0.717, 1.165) is 0 Å². The summed E-state index contributed by atoms with van der Waals surface area (Å²) in [6.45, 7) is 1.69. The molecule has 0 radical (unpaired) electrons. The van der Waals surface area contributed by atoms with Crippen LogP contribution in [0.3, 0.4) is 0 Å². The molecule has 0 aliphatic carbocycles. The third kappa shape index (κ3) is 5.79. The molecule has 172 valence electrons. The topological polar surface area (TPSA) is 112 Å². The van der Waals surface area contributed by atoms with Crippen molar-refractivity contribution in [3.05, 3.63) is 70.7 Å². The second-order valence-corrected chi connectivity index (χ2v) is 7.05. The molecule has 0 saturated carbocycles. The van der Waals surface area contributed by atoms with Crippen LogP contribution in [-0.2, 0) is 20.9 Å². The van der Waals surface area contributed by atoms with E-state index in [1.807, 2.05) is 0 Å². The van der Waals surface area contributed by atoms with Gasteiger partial charge in [-0.25, -0.2) is 18.7 Å². The zero-order valence-electron chi connectivity index (χ0n) is 18.0. The minimum Gasteiger partial charge on any atom is -0.449 e. The maximum absolute atomic E-state index is 13.7. The molecule has 10 heteroatoms. The van der Waals surface area contributed by atoms with Crippen LogP contribution in [0.5, 0.6) is 0 Å². The van der Waals surface area contributed by atoms with Crippen molar-refractivity contribution in [1.82, 2.24) is 14.1 Å². The van der Waals surface area contributed by atoms with Gasteiger partial charge in [0.05, 0.1) is 24.2 Å². The number of imidazole rings is 1. The number of aldehydes is 1. The number of amides is 1. The quantitative estimate of drug-likeness (QED) is 0.302. The van der Waals surface area contributed by atoms with Crippen LogP contribution in [-0.4, -0.2) is 39.0 Å². The third-order valence-corrected chi connectivity index (χ3v) is 4.73. The lowest BCUT2D eigenvalue weighted by Gasteiger charge is -2.11. The van der Waals surface area contributed by atoms with Gasteiger partial charge in [-0.3, -0.25) is 14.4 Å². The number of halogens is 1. The van der Waals surface area contributed by atoms with E-state index in [9.17, 15) is 23.6 Å². The molecule has 0 bridgehead atoms. The van der Waals surface area contributed by atoms with Crippen LogP contribution in [0.15, 0.2) is 53.5 Å². The fraction of sp³-hybridized carbons (Fsp3) is 0.261. The summed E-state index contributed by atoms with van der Waals surface area (Å²) >= 11 is 0. The first-order chi connectivity index (χ1) is 15.9. The Hall–Kier alpha value is -4.08. The smallest absolute Gasteiger partial charge is 0.420 e. The van der Waals surface area contributed by atoms with Gasteiger partial charge < -0.3 is 14.6 Å². The number of fused-ring (bicyclic) bond motifs is 1. The number of nitrogens with zero attached hydrogens (tertiary/aromatic N) is 3. The Balaban J connectivity index is 1.84. The lowest BCUT2D eigenvalue weighted by molar-refractivity contribution is -0.116. The number of anilines is 1. The summed E-state index contributed by atoms with van der Waals surface area (Å²) in [5.74, 6) is -0.661. The Labute approximate surface area is 188 Å². The van der Waals surface area contributed by atoms with Gasteiger partial charge in [0.25, 0.3) is 5.56 Å². The summed E-state index contributed by atoms with van der Waals surface area (Å²) in [5.41, 5.74) is 0.196. The van der Waals surface area contributed by atoms with Gasteiger partial charge in [-0.05, 0) is 50.1 Å². The minimum absolute atomic E-state index is 0.0794. The fourth-order valence-corrected chi connectivity index (χ4v) is 3.25. The number of carbonyl (C=O) groups is 3. The van der Waals surface area contributed by atoms with E-state index in [2.05, 4.69) is 10.3 Å². The maximum atomic E-state index is 13.7. The molecular formula is C23H23FN4O5. The average molecular weight is 454 g/mol. The summed E-state index contributed by atoms with van der Waals surface area (Å²) in [7, 11) is 0. The highest BCUT2D eigenvalue weighted by Crippen LogP contribution is 2.19. The monoisotopic (exact) mass is 454 g/mol. The van der Waals surface area contributed by atoms with Crippen molar-refractivity contribution < 1.29 is 23.5 Å². The molecule has 0 fully saturated rings. The molecule has 0 unspecified atom stereocenters. The van der Waals surface area contributed by atoms with Crippen molar-refractivity contribution in [3.63, 3.8) is 0 Å². The summed E-state index contributed by atoms with van der Waals surface area (Å²) in [6.07, 6.45) is 5.78. The number of allylic oxidation sites excluding steroid dienone is 2. The van der Waals surface area contributed by atoms with E-state index >= 15 is 0 Å². The molecule has 33 heavy (non-hydrogen) atoms. The Morgan fingerprint density at radius 1 is 1.27 bits per heavy atom. The van der Waals surface area contributed by atoms with Crippen molar-refractivity contribution >= 4 is 35.0 Å². The van der Waals surface area contributed by atoms with Crippen LogP contribution in [0.25, 0.3) is 11.0 Å². The zero-order chi connectivity index (χ0) is 23.8. The fourth-order valence-electron chi connectivity index (χ4n) is 3.25. The second kappa shape index (κ2) is 11.0. The highest BCUT2D eigenvalue weighted by atomic mass is 19.1. The van der Waals surface area contributed by atoms with Gasteiger partial charge in [-0.15, -0.1) is 0 Å². The number of hydrogen-bond donors (Lipinski definition) is 1. The van der Waals surface area contributed by atoms with Gasteiger partial charge in [0.15, 0.2) is 0 Å². The summed E-state index contributed by atoms with van der Waals surface area (Å²) in [4.78, 5) is 52.1. The van der Waals surface area contributed by atoms with E-state index in [1.165, 1.54) is 45.7 Å². The van der Waals surface area contributed by atoms with Gasteiger partial charge in [-0.1, -0.05) is 6.08 Å². The number of carbonyl (C=O) groups excluding carboxylic acids is 3. The highest BCUT2D eigenvalue weighted by Gasteiger charge is 2.19. The van der Waals surface area contributed by atoms with Crippen LogP contribution < -0.4 is 10.9 Å². The van der Waals surface area contributed by atoms with Crippen LogP contribution in [0, 0.1) is 5.82 Å².